The van der Waals surface area contributed by atoms with E-state index in [1.807, 2.05) is 13.8 Å². The molecular weight excluding hydrogens is 384 g/mol. The van der Waals surface area contributed by atoms with Gasteiger partial charge in [-0.2, -0.15) is 0 Å². The molecule has 2 amide bonds. The van der Waals surface area contributed by atoms with Gasteiger partial charge in [0.2, 0.25) is 0 Å². The van der Waals surface area contributed by atoms with Crippen molar-refractivity contribution in [1.29, 1.82) is 0 Å². The first-order chi connectivity index (χ1) is 12.9. The molecule has 0 aliphatic heterocycles. The number of anilines is 1. The number of carbonyl (C=O) groups excluding carboxylic acids is 2. The van der Waals surface area contributed by atoms with E-state index in [1.54, 1.807) is 38.1 Å². The van der Waals surface area contributed by atoms with Crippen LogP contribution in [0.15, 0.2) is 24.3 Å². The highest BCUT2D eigenvalue weighted by atomic mass is 32.2. The minimum absolute atomic E-state index is 0.00619. The van der Waals surface area contributed by atoms with Gasteiger partial charge in [0.25, 0.3) is 0 Å². The normalized spacial score (nSPS) is 13.5. The number of hydrogen-bond donors (Lipinski definition) is 2. The fourth-order valence-corrected chi connectivity index (χ4v) is 2.69. The van der Waals surface area contributed by atoms with Crippen LogP contribution in [-0.2, 0) is 19.4 Å². The van der Waals surface area contributed by atoms with Gasteiger partial charge in [0.1, 0.15) is 12.4 Å². The molecule has 0 saturated heterocycles. The van der Waals surface area contributed by atoms with Crippen LogP contribution >= 0.6 is 0 Å². The summed E-state index contributed by atoms with van der Waals surface area (Å²) in [5.41, 5.74) is -0.295. The van der Waals surface area contributed by atoms with E-state index in [2.05, 4.69) is 10.6 Å². The number of carbonyl (C=O) groups is 2. The summed E-state index contributed by atoms with van der Waals surface area (Å²) >= 11 is 0. The number of rotatable bonds is 10. The molecule has 8 nitrogen and oxygen atoms in total. The predicted octanol–water partition coefficient (Wildman–Crippen LogP) is 2.60. The maximum atomic E-state index is 12.4. The third-order valence-electron chi connectivity index (χ3n) is 4.31. The molecular formula is C19H30N2O6S. The summed E-state index contributed by atoms with van der Waals surface area (Å²) in [6.45, 7) is 7.66. The zero-order valence-electron chi connectivity index (χ0n) is 17.1. The van der Waals surface area contributed by atoms with E-state index in [1.165, 1.54) is 0 Å². The molecule has 28 heavy (non-hydrogen) atoms. The number of hydrogen-bond acceptors (Lipinski definition) is 6. The van der Waals surface area contributed by atoms with Gasteiger partial charge in [-0.05, 0) is 31.9 Å². The standard InChI is InChI=1S/C19H30N2O6S/c1-6-26-17(22)13-19(4,14(2)3)21-18(23)20-15-8-7-9-16(12-15)27-10-11-28(5,24)25/h7-9,12,14H,6,10-11,13H2,1-5H3,(H2,20,21,23). The van der Waals surface area contributed by atoms with Crippen LogP contribution in [0.2, 0.25) is 0 Å². The van der Waals surface area contributed by atoms with Gasteiger partial charge in [-0.25, -0.2) is 13.2 Å². The van der Waals surface area contributed by atoms with Gasteiger partial charge < -0.3 is 20.1 Å². The van der Waals surface area contributed by atoms with Crippen molar-refractivity contribution in [3.8, 4) is 5.75 Å². The van der Waals surface area contributed by atoms with Crippen LogP contribution in [-0.4, -0.2) is 51.2 Å². The highest BCUT2D eigenvalue weighted by Crippen LogP contribution is 2.22. The van der Waals surface area contributed by atoms with E-state index >= 15 is 0 Å². The van der Waals surface area contributed by atoms with Crippen LogP contribution < -0.4 is 15.4 Å². The second kappa shape index (κ2) is 10.3. The minimum atomic E-state index is -3.11. The molecule has 1 atom stereocenters. The van der Waals surface area contributed by atoms with Crippen LogP contribution in [0, 0.1) is 5.92 Å². The first kappa shape index (κ1) is 23.7. The Balaban J connectivity index is 2.72. The summed E-state index contributed by atoms with van der Waals surface area (Å²) in [7, 11) is -3.11. The van der Waals surface area contributed by atoms with Crippen molar-refractivity contribution in [2.75, 3.05) is 30.5 Å². The third kappa shape index (κ3) is 8.60. The van der Waals surface area contributed by atoms with E-state index in [0.29, 0.717) is 11.4 Å². The number of benzene rings is 1. The maximum Gasteiger partial charge on any atom is 0.319 e. The van der Waals surface area contributed by atoms with E-state index in [9.17, 15) is 18.0 Å². The lowest BCUT2D eigenvalue weighted by Crippen LogP contribution is -2.52. The van der Waals surface area contributed by atoms with Gasteiger partial charge in [0, 0.05) is 18.0 Å². The molecule has 1 aromatic carbocycles. The molecule has 0 bridgehead atoms. The largest absolute Gasteiger partial charge is 0.492 e. The Morgan fingerprint density at radius 2 is 1.93 bits per heavy atom. The lowest BCUT2D eigenvalue weighted by Gasteiger charge is -2.34. The lowest BCUT2D eigenvalue weighted by atomic mass is 9.85. The molecule has 2 N–H and O–H groups in total. The maximum absolute atomic E-state index is 12.4. The summed E-state index contributed by atoms with van der Waals surface area (Å²) in [4.78, 5) is 24.3. The Labute approximate surface area is 166 Å². The molecule has 1 rings (SSSR count). The van der Waals surface area contributed by atoms with Crippen LogP contribution in [0.25, 0.3) is 0 Å². The Kier molecular flexibility index (Phi) is 8.74. The minimum Gasteiger partial charge on any atom is -0.492 e. The highest BCUT2D eigenvalue weighted by Gasteiger charge is 2.33. The zero-order chi connectivity index (χ0) is 21.4. The summed E-state index contributed by atoms with van der Waals surface area (Å²) < 4.78 is 32.7. The average Bonchev–Trinajstić information content (AvgIpc) is 2.53. The second-order valence-electron chi connectivity index (χ2n) is 7.14. The first-order valence-corrected chi connectivity index (χ1v) is 11.2. The van der Waals surface area contributed by atoms with Crippen molar-refractivity contribution < 1.29 is 27.5 Å². The number of sulfone groups is 1. The molecule has 0 radical (unpaired) electrons. The molecule has 1 aromatic rings. The monoisotopic (exact) mass is 414 g/mol. The van der Waals surface area contributed by atoms with Gasteiger partial charge in [-0.1, -0.05) is 19.9 Å². The van der Waals surface area contributed by atoms with Gasteiger partial charge in [0.15, 0.2) is 9.84 Å². The Morgan fingerprint density at radius 1 is 1.25 bits per heavy atom. The average molecular weight is 415 g/mol. The third-order valence-corrected chi connectivity index (χ3v) is 5.21. The molecule has 0 fully saturated rings. The molecule has 0 heterocycles. The number of esters is 1. The van der Waals surface area contributed by atoms with E-state index in [-0.39, 0.29) is 37.3 Å². The van der Waals surface area contributed by atoms with Crippen LogP contribution in [0.5, 0.6) is 5.75 Å². The number of ether oxygens (including phenoxy) is 2. The molecule has 0 aromatic heterocycles. The zero-order valence-corrected chi connectivity index (χ0v) is 17.9. The summed E-state index contributed by atoms with van der Waals surface area (Å²) in [6.07, 6.45) is 1.20. The van der Waals surface area contributed by atoms with Gasteiger partial charge >= 0.3 is 12.0 Å². The topological polar surface area (TPSA) is 111 Å². The number of urea groups is 1. The molecule has 0 saturated carbocycles. The summed E-state index contributed by atoms with van der Waals surface area (Å²) in [6, 6.07) is 6.17. The van der Waals surface area contributed by atoms with Crippen molar-refractivity contribution in [1.82, 2.24) is 5.32 Å². The molecule has 0 spiro atoms. The van der Waals surface area contributed by atoms with Gasteiger partial charge in [-0.3, -0.25) is 4.79 Å². The second-order valence-corrected chi connectivity index (χ2v) is 9.40. The molecule has 1 unspecified atom stereocenters. The van der Waals surface area contributed by atoms with Crippen molar-refractivity contribution in [3.05, 3.63) is 24.3 Å². The van der Waals surface area contributed by atoms with Crippen molar-refractivity contribution in [2.24, 2.45) is 5.92 Å². The lowest BCUT2D eigenvalue weighted by molar-refractivity contribution is -0.145. The van der Waals surface area contributed by atoms with Gasteiger partial charge in [0.05, 0.1) is 24.3 Å². The van der Waals surface area contributed by atoms with Crippen molar-refractivity contribution in [3.63, 3.8) is 0 Å². The van der Waals surface area contributed by atoms with E-state index in [0.717, 1.165) is 6.26 Å². The number of nitrogens with one attached hydrogen (secondary N) is 2. The van der Waals surface area contributed by atoms with E-state index in [4.69, 9.17) is 9.47 Å². The Bertz CT molecular complexity index is 778. The molecule has 9 heteroatoms. The SMILES string of the molecule is CCOC(=O)CC(C)(NC(=O)Nc1cccc(OCCS(C)(=O)=O)c1)C(C)C. The first-order valence-electron chi connectivity index (χ1n) is 9.10. The summed E-state index contributed by atoms with van der Waals surface area (Å²) in [5, 5.41) is 5.55. The van der Waals surface area contributed by atoms with Crippen LogP contribution in [0.3, 0.4) is 0 Å². The fourth-order valence-electron chi connectivity index (χ4n) is 2.30. The van der Waals surface area contributed by atoms with Gasteiger partial charge in [-0.15, -0.1) is 0 Å². The number of amides is 2. The Morgan fingerprint density at radius 3 is 2.50 bits per heavy atom. The summed E-state index contributed by atoms with van der Waals surface area (Å²) in [5.74, 6) is -0.0284. The van der Waals surface area contributed by atoms with E-state index < -0.39 is 21.4 Å². The van der Waals surface area contributed by atoms with Crippen LogP contribution in [0.4, 0.5) is 10.5 Å². The Hall–Kier alpha value is -2.29. The van der Waals surface area contributed by atoms with Crippen LogP contribution in [0.1, 0.15) is 34.1 Å². The molecule has 0 aliphatic rings. The highest BCUT2D eigenvalue weighted by molar-refractivity contribution is 7.90. The predicted molar refractivity (Wildman–Crippen MR) is 108 cm³/mol. The molecule has 0 aliphatic carbocycles. The fraction of sp³-hybridized carbons (Fsp3) is 0.579. The van der Waals surface area contributed by atoms with Crippen molar-refractivity contribution >= 4 is 27.5 Å². The van der Waals surface area contributed by atoms with Crippen molar-refractivity contribution in [2.45, 2.75) is 39.7 Å². The smallest absolute Gasteiger partial charge is 0.319 e. The quantitative estimate of drug-likeness (QED) is 0.569. The molecule has 158 valence electrons.